The number of aromatic nitrogens is 6. The van der Waals surface area contributed by atoms with Crippen molar-refractivity contribution in [3.63, 3.8) is 0 Å². The first-order valence-corrected chi connectivity index (χ1v) is 17.2. The van der Waals surface area contributed by atoms with E-state index in [0.29, 0.717) is 22.9 Å². The van der Waals surface area contributed by atoms with E-state index in [1.54, 1.807) is 17.9 Å². The van der Waals surface area contributed by atoms with Gasteiger partial charge in [-0.05, 0) is 49.6 Å². The van der Waals surface area contributed by atoms with Gasteiger partial charge in [-0.25, -0.2) is 18.7 Å². The van der Waals surface area contributed by atoms with Crippen molar-refractivity contribution in [2.75, 3.05) is 36.4 Å². The third kappa shape index (κ3) is 6.58. The molecule has 0 radical (unpaired) electrons. The van der Waals surface area contributed by atoms with Gasteiger partial charge in [0.25, 0.3) is 17.4 Å². The number of carbonyl (C=O) groups excluding carboxylic acids is 2. The number of fused-ring (bicyclic) bond motifs is 2. The number of aryl methyl sites for hydroxylation is 2. The van der Waals surface area contributed by atoms with E-state index in [1.807, 2.05) is 0 Å². The van der Waals surface area contributed by atoms with Gasteiger partial charge in [0.15, 0.2) is 17.3 Å². The van der Waals surface area contributed by atoms with Gasteiger partial charge in [-0.2, -0.15) is 22.7 Å². The van der Waals surface area contributed by atoms with Crippen LogP contribution >= 0.6 is 11.6 Å². The smallest absolute Gasteiger partial charge is 0.416 e. The Bertz CT molecular complexity index is 2390. The quantitative estimate of drug-likeness (QED) is 0.212. The first kappa shape index (κ1) is 36.7. The molecule has 1 aliphatic heterocycles. The second-order valence-corrected chi connectivity index (χ2v) is 13.3. The summed E-state index contributed by atoms with van der Waals surface area (Å²) in [5.41, 5.74) is -0.326. The van der Waals surface area contributed by atoms with Crippen molar-refractivity contribution in [2.45, 2.75) is 51.8 Å². The maximum Gasteiger partial charge on any atom is 0.416 e. The first-order valence-electron chi connectivity index (χ1n) is 16.8. The number of benzene rings is 2. The number of nitrogens with zero attached hydrogens (tertiary/aromatic N) is 8. The maximum absolute atomic E-state index is 14.4. The molecule has 0 spiro atoms. The van der Waals surface area contributed by atoms with Crippen molar-refractivity contribution >= 4 is 40.6 Å². The molecule has 4 heterocycles. The zero-order valence-corrected chi connectivity index (χ0v) is 29.5. The molecule has 5 aromatic rings. The van der Waals surface area contributed by atoms with E-state index in [4.69, 9.17) is 11.6 Å². The van der Waals surface area contributed by atoms with Crippen LogP contribution in [-0.2, 0) is 36.3 Å². The summed E-state index contributed by atoms with van der Waals surface area (Å²) in [6, 6.07) is 6.81. The van der Waals surface area contributed by atoms with Gasteiger partial charge in [-0.3, -0.25) is 14.4 Å². The standard InChI is InChI=1S/C35H31ClF5N9O4/c1-3-25-28(47-10-12-48(13-11-47)31(53)27-29(52)18(2)42-17-43-27)32(54)50-33(45-30(46-50)20-4-6-22-19(14-20)8-9-34(22,37)38)49(25)16-26(51)44-24-7-5-21(15-23(24)36)35(39,40)41/h4-7,14-15,17,52H,3,8-13,16H2,1-2H3,(H,44,51). The number of nitrogens with one attached hydrogen (secondary N) is 1. The van der Waals surface area contributed by atoms with Gasteiger partial charge in [-0.15, -0.1) is 5.10 Å². The van der Waals surface area contributed by atoms with Crippen LogP contribution in [0.1, 0.15) is 51.9 Å². The molecule has 0 unspecified atom stereocenters. The molecule has 19 heteroatoms. The molecule has 2 aromatic carbocycles. The predicted octanol–water partition coefficient (Wildman–Crippen LogP) is 5.24. The van der Waals surface area contributed by atoms with Crippen LogP contribution < -0.4 is 15.8 Å². The molecule has 54 heavy (non-hydrogen) atoms. The molecule has 2 N–H and O–H groups in total. The lowest BCUT2D eigenvalue weighted by Crippen LogP contribution is -2.51. The number of aromatic hydroxyl groups is 1. The van der Waals surface area contributed by atoms with Crippen molar-refractivity contribution in [3.05, 3.63) is 91.9 Å². The van der Waals surface area contributed by atoms with Crippen molar-refractivity contribution < 1.29 is 36.6 Å². The Balaban J connectivity index is 1.26. The summed E-state index contributed by atoms with van der Waals surface area (Å²) in [7, 11) is 0. The highest BCUT2D eigenvalue weighted by atomic mass is 35.5. The highest BCUT2D eigenvalue weighted by Crippen LogP contribution is 2.42. The van der Waals surface area contributed by atoms with Gasteiger partial charge in [0, 0.05) is 43.7 Å². The van der Waals surface area contributed by atoms with Gasteiger partial charge in [0.2, 0.25) is 11.7 Å². The van der Waals surface area contributed by atoms with E-state index in [2.05, 4.69) is 25.4 Å². The van der Waals surface area contributed by atoms with Crippen molar-refractivity contribution in [3.8, 4) is 17.1 Å². The Morgan fingerprint density at radius 1 is 1.06 bits per heavy atom. The molecule has 2 amide bonds. The van der Waals surface area contributed by atoms with Crippen LogP contribution in [0.2, 0.25) is 5.02 Å². The molecule has 3 aromatic heterocycles. The molecule has 1 fully saturated rings. The molecule has 282 valence electrons. The fraction of sp³-hybridized carbons (Fsp3) is 0.343. The van der Waals surface area contributed by atoms with Crippen LogP contribution in [0.5, 0.6) is 5.75 Å². The molecular formula is C35H31ClF5N9O4. The second kappa shape index (κ2) is 13.6. The topological polar surface area (TPSA) is 151 Å². The number of hydrogen-bond acceptors (Lipinski definition) is 9. The zero-order valence-electron chi connectivity index (χ0n) is 28.7. The van der Waals surface area contributed by atoms with Gasteiger partial charge in [0.05, 0.1) is 27.7 Å². The van der Waals surface area contributed by atoms with Gasteiger partial charge < -0.3 is 24.8 Å². The number of hydrogen-bond donors (Lipinski definition) is 2. The van der Waals surface area contributed by atoms with E-state index in [0.717, 1.165) is 16.6 Å². The maximum atomic E-state index is 14.4. The molecular weight excluding hydrogens is 741 g/mol. The van der Waals surface area contributed by atoms with E-state index < -0.39 is 41.6 Å². The Hall–Kier alpha value is -5.65. The Morgan fingerprint density at radius 2 is 1.80 bits per heavy atom. The third-order valence-corrected chi connectivity index (χ3v) is 9.90. The molecule has 1 saturated heterocycles. The van der Waals surface area contributed by atoms with Crippen molar-refractivity contribution in [2.24, 2.45) is 0 Å². The lowest BCUT2D eigenvalue weighted by atomic mass is 10.1. The highest BCUT2D eigenvalue weighted by molar-refractivity contribution is 6.33. The first-order chi connectivity index (χ1) is 25.6. The van der Waals surface area contributed by atoms with Crippen LogP contribution in [0.15, 0.2) is 47.5 Å². The van der Waals surface area contributed by atoms with Crippen LogP contribution in [-0.4, -0.2) is 77.1 Å². The highest BCUT2D eigenvalue weighted by Gasteiger charge is 2.39. The lowest BCUT2D eigenvalue weighted by molar-refractivity contribution is -0.137. The normalized spacial score (nSPS) is 15.5. The fourth-order valence-corrected chi connectivity index (χ4v) is 7.03. The van der Waals surface area contributed by atoms with Gasteiger partial charge in [0.1, 0.15) is 18.6 Å². The van der Waals surface area contributed by atoms with Gasteiger partial charge >= 0.3 is 6.18 Å². The molecule has 0 atom stereocenters. The Kier molecular flexibility index (Phi) is 9.27. The van der Waals surface area contributed by atoms with Crippen LogP contribution in [0, 0.1) is 6.92 Å². The minimum absolute atomic E-state index is 0.0413. The number of amides is 2. The zero-order chi connectivity index (χ0) is 38.7. The van der Waals surface area contributed by atoms with E-state index in [1.165, 1.54) is 34.9 Å². The fourth-order valence-electron chi connectivity index (χ4n) is 6.81. The molecule has 7 rings (SSSR count). The Labute approximate surface area is 308 Å². The van der Waals surface area contributed by atoms with E-state index >= 15 is 0 Å². The number of halogens is 6. The number of rotatable bonds is 7. The summed E-state index contributed by atoms with van der Waals surface area (Å²) in [6.07, 6.45) is -3.47. The van der Waals surface area contributed by atoms with Crippen LogP contribution in [0.4, 0.5) is 33.3 Å². The van der Waals surface area contributed by atoms with Crippen LogP contribution in [0.3, 0.4) is 0 Å². The summed E-state index contributed by atoms with van der Waals surface area (Å²) in [5.74, 6) is -4.53. The molecule has 0 saturated carbocycles. The number of alkyl halides is 5. The summed E-state index contributed by atoms with van der Waals surface area (Å²) in [4.78, 5) is 56.8. The summed E-state index contributed by atoms with van der Waals surface area (Å²) >= 11 is 6.11. The summed E-state index contributed by atoms with van der Waals surface area (Å²) < 4.78 is 71.0. The van der Waals surface area contributed by atoms with Gasteiger partial charge in [-0.1, -0.05) is 30.7 Å². The number of piperazine rings is 1. The van der Waals surface area contributed by atoms with Crippen molar-refractivity contribution in [1.29, 1.82) is 0 Å². The average Bonchev–Trinajstić information content (AvgIpc) is 3.72. The largest absolute Gasteiger partial charge is 0.504 e. The summed E-state index contributed by atoms with van der Waals surface area (Å²) in [5, 5.41) is 17.0. The minimum Gasteiger partial charge on any atom is -0.504 e. The molecule has 0 bridgehead atoms. The minimum atomic E-state index is -4.65. The lowest BCUT2D eigenvalue weighted by Gasteiger charge is -2.36. The predicted molar refractivity (Wildman–Crippen MR) is 186 cm³/mol. The molecule has 1 aliphatic carbocycles. The SMILES string of the molecule is CCc1c(N2CCN(C(=O)c3ncnc(C)c3O)CC2)c(=O)n2nc(-c3ccc4c(c3)CCC4(F)F)nc2n1CC(=O)Nc1ccc(C(F)(F)F)cc1Cl. The Morgan fingerprint density at radius 3 is 2.48 bits per heavy atom. The molecule has 2 aliphatic rings. The third-order valence-electron chi connectivity index (χ3n) is 9.59. The second-order valence-electron chi connectivity index (χ2n) is 12.9. The monoisotopic (exact) mass is 771 g/mol. The number of anilines is 2. The number of carbonyl (C=O) groups is 2. The molecule has 13 nitrogen and oxygen atoms in total. The van der Waals surface area contributed by atoms with E-state index in [9.17, 15) is 41.4 Å². The average molecular weight is 772 g/mol. The van der Waals surface area contributed by atoms with E-state index in [-0.39, 0.29) is 96.1 Å². The summed E-state index contributed by atoms with van der Waals surface area (Å²) in [6.45, 7) is 3.42. The van der Waals surface area contributed by atoms with Crippen molar-refractivity contribution in [1.82, 2.24) is 34.0 Å². The van der Waals surface area contributed by atoms with Crippen LogP contribution in [0.25, 0.3) is 17.2 Å².